The van der Waals surface area contributed by atoms with E-state index in [4.69, 9.17) is 5.73 Å². The van der Waals surface area contributed by atoms with Crippen molar-refractivity contribution >= 4 is 10.2 Å². The lowest BCUT2D eigenvalue weighted by molar-refractivity contribution is 0.552. The fourth-order valence-electron chi connectivity index (χ4n) is 0.122. The zero-order chi connectivity index (χ0) is 5.91. The predicted molar refractivity (Wildman–Crippen MR) is 22.9 cm³/mol. The van der Waals surface area contributed by atoms with Gasteiger partial charge in [0.1, 0.15) is 0 Å². The molecule has 1 radical (unpaired) electrons. The Balaban J connectivity index is 3.60. The molecule has 0 unspecified atom stereocenters. The molecule has 0 amide bonds. The average molecular weight is 126 g/mol. The normalized spacial score (nSPS) is 11.7. The predicted octanol–water partition coefficient (Wildman–Crippen LogP) is -0.431. The molecule has 0 spiro atoms. The highest BCUT2D eigenvalue weighted by Gasteiger charge is 2.02. The molecule has 0 aliphatic heterocycles. The van der Waals surface area contributed by atoms with Crippen LogP contribution in [-0.4, -0.2) is 20.7 Å². The summed E-state index contributed by atoms with van der Waals surface area (Å²) >= 11 is 0. The van der Waals surface area contributed by atoms with Crippen molar-refractivity contribution in [2.24, 2.45) is 0 Å². The molecule has 0 saturated carbocycles. The molecule has 0 aromatic heterocycles. The summed E-state index contributed by atoms with van der Waals surface area (Å²) in [5.74, 6) is -0.688. The van der Waals surface area contributed by atoms with E-state index in [0.29, 0.717) is 0 Å². The van der Waals surface area contributed by atoms with Crippen molar-refractivity contribution in [3.8, 4) is 0 Å². The van der Waals surface area contributed by atoms with Crippen LogP contribution in [0.2, 0.25) is 0 Å². The van der Waals surface area contributed by atoms with Gasteiger partial charge in [-0.25, -0.2) is 0 Å². The van der Waals surface area contributed by atoms with E-state index in [1.807, 2.05) is 0 Å². The van der Waals surface area contributed by atoms with Crippen molar-refractivity contribution in [1.82, 2.24) is 5.73 Å². The van der Waals surface area contributed by atoms with E-state index in [1.165, 1.54) is 0 Å². The fraction of sp³-hybridized carbons (Fsp3) is 1.00. The monoisotopic (exact) mass is 126 g/mol. The van der Waals surface area contributed by atoms with Gasteiger partial charge in [-0.15, -0.1) is 3.89 Å². The van der Waals surface area contributed by atoms with Crippen LogP contribution in [0, 0.1) is 0 Å². The maximum Gasteiger partial charge on any atom is 0.303 e. The van der Waals surface area contributed by atoms with Gasteiger partial charge in [0, 0.05) is 6.54 Å². The van der Waals surface area contributed by atoms with Crippen molar-refractivity contribution in [3.63, 3.8) is 0 Å². The Hall–Kier alpha value is -0.160. The Morgan fingerprint density at radius 1 is 1.57 bits per heavy atom. The molecule has 0 aliphatic carbocycles. The van der Waals surface area contributed by atoms with E-state index in [9.17, 15) is 12.3 Å². The second-order valence-electron chi connectivity index (χ2n) is 0.993. The van der Waals surface area contributed by atoms with Crippen LogP contribution in [0.15, 0.2) is 0 Å². The largest absolute Gasteiger partial charge is 0.303 e. The standard InChI is InChI=1S/C2H5FNO2S/c3-7(5,6)2-1-4/h4H,1-2H2. The summed E-state index contributed by atoms with van der Waals surface area (Å²) in [7, 11) is -4.36. The number of hydrogen-bond donors (Lipinski definition) is 0. The molecular formula is C2H5FNO2S. The van der Waals surface area contributed by atoms with Gasteiger partial charge in [0.15, 0.2) is 0 Å². The van der Waals surface area contributed by atoms with Gasteiger partial charge in [0.05, 0.1) is 5.75 Å². The van der Waals surface area contributed by atoms with Gasteiger partial charge in [0.25, 0.3) is 0 Å². The molecule has 0 aliphatic rings. The summed E-state index contributed by atoms with van der Waals surface area (Å²) in [4.78, 5) is 0. The first-order valence-corrected chi connectivity index (χ1v) is 3.18. The first-order valence-electron chi connectivity index (χ1n) is 1.63. The third-order valence-electron chi connectivity index (χ3n) is 0.346. The summed E-state index contributed by atoms with van der Waals surface area (Å²) in [6.45, 7) is -0.404. The second-order valence-corrected chi connectivity index (χ2v) is 2.48. The minimum atomic E-state index is -4.36. The highest BCUT2D eigenvalue weighted by molar-refractivity contribution is 7.86. The van der Waals surface area contributed by atoms with Gasteiger partial charge in [-0.05, 0) is 0 Å². The Morgan fingerprint density at radius 2 is 2.00 bits per heavy atom. The Morgan fingerprint density at radius 3 is 2.00 bits per heavy atom. The first kappa shape index (κ1) is 6.84. The molecule has 0 aromatic carbocycles. The summed E-state index contributed by atoms with van der Waals surface area (Å²) in [6.07, 6.45) is 0. The van der Waals surface area contributed by atoms with Crippen LogP contribution in [0.5, 0.6) is 0 Å². The molecule has 0 heterocycles. The molecule has 0 fully saturated rings. The van der Waals surface area contributed by atoms with E-state index in [2.05, 4.69) is 0 Å². The summed E-state index contributed by atoms with van der Waals surface area (Å²) in [5, 5.41) is 0. The van der Waals surface area contributed by atoms with Crippen molar-refractivity contribution < 1.29 is 12.3 Å². The van der Waals surface area contributed by atoms with Crippen LogP contribution in [-0.2, 0) is 10.2 Å². The molecule has 0 aromatic rings. The molecule has 0 atom stereocenters. The number of hydrogen-bond acceptors (Lipinski definition) is 2. The Kier molecular flexibility index (Phi) is 2.17. The van der Waals surface area contributed by atoms with E-state index in [0.717, 1.165) is 0 Å². The molecule has 0 bridgehead atoms. The highest BCUT2D eigenvalue weighted by Crippen LogP contribution is 1.85. The van der Waals surface area contributed by atoms with Crippen LogP contribution in [0.3, 0.4) is 0 Å². The van der Waals surface area contributed by atoms with Crippen molar-refractivity contribution in [2.75, 3.05) is 12.3 Å². The molecule has 1 N–H and O–H groups in total. The van der Waals surface area contributed by atoms with Crippen LogP contribution in [0.4, 0.5) is 3.89 Å². The zero-order valence-electron chi connectivity index (χ0n) is 3.52. The maximum atomic E-state index is 11.2. The quantitative estimate of drug-likeness (QED) is 0.471. The molecule has 3 nitrogen and oxygen atoms in total. The van der Waals surface area contributed by atoms with Crippen molar-refractivity contribution in [1.29, 1.82) is 0 Å². The molecule has 0 rings (SSSR count). The molecule has 43 valence electrons. The van der Waals surface area contributed by atoms with E-state index < -0.39 is 22.5 Å². The molecule has 0 saturated heterocycles. The summed E-state index contributed by atoms with van der Waals surface area (Å²) in [5.41, 5.74) is 6.24. The van der Waals surface area contributed by atoms with E-state index in [1.54, 1.807) is 0 Å². The number of rotatable bonds is 2. The number of nitrogens with one attached hydrogen (secondary N) is 1. The smallest absolute Gasteiger partial charge is 0.257 e. The third-order valence-corrected chi connectivity index (χ3v) is 1.04. The SMILES string of the molecule is [NH]CCS(=O)(=O)F. The lowest BCUT2D eigenvalue weighted by Gasteiger charge is -1.82. The van der Waals surface area contributed by atoms with E-state index in [-0.39, 0.29) is 0 Å². The minimum absolute atomic E-state index is 0.404. The molecule has 5 heteroatoms. The van der Waals surface area contributed by atoms with Gasteiger partial charge >= 0.3 is 10.2 Å². The summed E-state index contributed by atoms with van der Waals surface area (Å²) < 4.78 is 30.1. The molecular weight excluding hydrogens is 121 g/mol. The highest BCUT2D eigenvalue weighted by atomic mass is 32.3. The van der Waals surface area contributed by atoms with Gasteiger partial charge in [0.2, 0.25) is 0 Å². The number of halogens is 1. The fourth-order valence-corrected chi connectivity index (χ4v) is 0.366. The Labute approximate surface area is 41.5 Å². The van der Waals surface area contributed by atoms with Gasteiger partial charge < -0.3 is 0 Å². The van der Waals surface area contributed by atoms with Gasteiger partial charge in [-0.2, -0.15) is 8.42 Å². The molecule has 7 heavy (non-hydrogen) atoms. The van der Waals surface area contributed by atoms with Gasteiger partial charge in [-0.3, -0.25) is 5.73 Å². The van der Waals surface area contributed by atoms with Gasteiger partial charge in [-0.1, -0.05) is 0 Å². The lowest BCUT2D eigenvalue weighted by Crippen LogP contribution is -2.03. The zero-order valence-corrected chi connectivity index (χ0v) is 4.33. The second kappa shape index (κ2) is 2.23. The Bertz CT molecular complexity index is 129. The maximum absolute atomic E-state index is 11.2. The lowest BCUT2D eigenvalue weighted by atomic mass is 10.8. The topological polar surface area (TPSA) is 57.9 Å². The first-order chi connectivity index (χ1) is 3.06. The van der Waals surface area contributed by atoms with Crippen molar-refractivity contribution in [3.05, 3.63) is 0 Å². The van der Waals surface area contributed by atoms with Crippen molar-refractivity contribution in [2.45, 2.75) is 0 Å². The van der Waals surface area contributed by atoms with Crippen LogP contribution in [0.1, 0.15) is 0 Å². The summed E-state index contributed by atoms with van der Waals surface area (Å²) in [6, 6.07) is 0. The minimum Gasteiger partial charge on any atom is -0.257 e. The van der Waals surface area contributed by atoms with Crippen LogP contribution < -0.4 is 5.73 Å². The van der Waals surface area contributed by atoms with Crippen LogP contribution in [0.25, 0.3) is 0 Å². The van der Waals surface area contributed by atoms with E-state index >= 15 is 0 Å². The third kappa shape index (κ3) is 5.84. The average Bonchev–Trinajstić information content (AvgIpc) is 1.30. The van der Waals surface area contributed by atoms with Crippen LogP contribution >= 0.6 is 0 Å².